The quantitative estimate of drug-likeness (QED) is 0.225. The highest BCUT2D eigenvalue weighted by Crippen LogP contribution is 2.25. The summed E-state index contributed by atoms with van der Waals surface area (Å²) in [6.45, 7) is 0.715. The topological polar surface area (TPSA) is 47.9 Å². The van der Waals surface area contributed by atoms with Crippen molar-refractivity contribution in [2.24, 2.45) is 0 Å². The van der Waals surface area contributed by atoms with Gasteiger partial charge in [0.2, 0.25) is 0 Å². The number of ether oxygens (including phenoxy) is 1. The van der Waals surface area contributed by atoms with Gasteiger partial charge >= 0.3 is 0 Å². The van der Waals surface area contributed by atoms with Crippen LogP contribution in [-0.2, 0) is 0 Å². The minimum atomic E-state index is 0.647. The molecule has 0 saturated carbocycles. The summed E-state index contributed by atoms with van der Waals surface area (Å²) in [5, 5.41) is 1.00. The molecule has 0 fully saturated rings. The molecule has 4 rings (SSSR count). The zero-order chi connectivity index (χ0) is 20.6. The first-order valence-electron chi connectivity index (χ1n) is 9.99. The average Bonchev–Trinajstić information content (AvgIpc) is 2.83. The Balaban J connectivity index is 1.67. The number of rotatable bonds is 8. The van der Waals surface area contributed by atoms with E-state index >= 15 is 0 Å². The first-order chi connectivity index (χ1) is 14.8. The van der Waals surface area contributed by atoms with Crippen LogP contribution in [0.3, 0.4) is 0 Å². The third-order valence-corrected chi connectivity index (χ3v) is 5.17. The fraction of sp³-hybridized carbons (Fsp3) is 0.160. The Hall–Kier alpha value is -3.05. The first-order valence-corrected chi connectivity index (χ1v) is 11.1. The number of alkyl halides is 1. The third kappa shape index (κ3) is 5.10. The predicted octanol–water partition coefficient (Wildman–Crippen LogP) is 6.43. The van der Waals surface area contributed by atoms with Gasteiger partial charge < -0.3 is 4.74 Å². The third-order valence-electron chi connectivity index (χ3n) is 4.61. The van der Waals surface area contributed by atoms with Crippen molar-refractivity contribution in [1.29, 1.82) is 0 Å². The maximum Gasteiger partial charge on any atom is 0.164 e. The molecular formula is C25H22BrN3O. The van der Waals surface area contributed by atoms with Crippen LogP contribution in [0.2, 0.25) is 0 Å². The van der Waals surface area contributed by atoms with Crippen molar-refractivity contribution in [2.45, 2.75) is 12.8 Å². The molecule has 0 aliphatic heterocycles. The van der Waals surface area contributed by atoms with E-state index in [2.05, 4.69) is 15.9 Å². The Morgan fingerprint density at radius 1 is 0.567 bits per heavy atom. The van der Waals surface area contributed by atoms with Crippen LogP contribution in [0.1, 0.15) is 12.8 Å². The molecule has 0 amide bonds. The summed E-state index contributed by atoms with van der Waals surface area (Å²) in [6.07, 6.45) is 2.13. The second kappa shape index (κ2) is 10.1. The fourth-order valence-electron chi connectivity index (χ4n) is 3.02. The van der Waals surface area contributed by atoms with E-state index in [1.165, 1.54) is 0 Å². The molecule has 0 unspecified atom stereocenters. The molecule has 0 atom stereocenters. The molecule has 30 heavy (non-hydrogen) atoms. The molecule has 0 N–H and O–H groups in total. The van der Waals surface area contributed by atoms with Gasteiger partial charge in [-0.3, -0.25) is 0 Å². The molecule has 4 nitrogen and oxygen atoms in total. The second-order valence-electron chi connectivity index (χ2n) is 6.81. The van der Waals surface area contributed by atoms with Crippen molar-refractivity contribution >= 4 is 15.9 Å². The highest BCUT2D eigenvalue weighted by molar-refractivity contribution is 9.09. The lowest BCUT2D eigenvalue weighted by Crippen LogP contribution is -2.00. The predicted molar refractivity (Wildman–Crippen MR) is 125 cm³/mol. The zero-order valence-corrected chi connectivity index (χ0v) is 18.1. The van der Waals surface area contributed by atoms with Crippen LogP contribution in [0.15, 0.2) is 84.9 Å². The van der Waals surface area contributed by atoms with E-state index in [0.717, 1.165) is 40.6 Å². The Bertz CT molecular complexity index is 1010. The van der Waals surface area contributed by atoms with E-state index in [4.69, 9.17) is 19.7 Å². The van der Waals surface area contributed by atoms with Gasteiger partial charge in [0.25, 0.3) is 0 Å². The van der Waals surface area contributed by atoms with Crippen LogP contribution < -0.4 is 4.74 Å². The minimum absolute atomic E-state index is 0.647. The van der Waals surface area contributed by atoms with Crippen molar-refractivity contribution < 1.29 is 4.74 Å². The lowest BCUT2D eigenvalue weighted by Gasteiger charge is -2.09. The number of hydrogen-bond acceptors (Lipinski definition) is 4. The van der Waals surface area contributed by atoms with Crippen LogP contribution in [0.25, 0.3) is 34.2 Å². The van der Waals surface area contributed by atoms with Gasteiger partial charge in [-0.2, -0.15) is 0 Å². The smallest absolute Gasteiger partial charge is 0.164 e. The summed E-state index contributed by atoms with van der Waals surface area (Å²) >= 11 is 3.44. The highest BCUT2D eigenvalue weighted by atomic mass is 79.9. The Kier molecular flexibility index (Phi) is 6.83. The van der Waals surface area contributed by atoms with Gasteiger partial charge in [0.15, 0.2) is 17.5 Å². The molecule has 0 saturated heterocycles. The van der Waals surface area contributed by atoms with Gasteiger partial charge in [0.1, 0.15) is 5.75 Å². The molecule has 1 aromatic heterocycles. The van der Waals surface area contributed by atoms with Crippen LogP contribution >= 0.6 is 15.9 Å². The standard InChI is InChI=1S/C25H22BrN3O/c26-17-7-8-18-30-22-15-13-21(14-16-22)25-28-23(19-9-3-1-4-10-19)27-24(29-25)20-11-5-2-6-12-20/h1-6,9-16H,7-8,17-18H2. The maximum absolute atomic E-state index is 5.81. The van der Waals surface area contributed by atoms with Crippen molar-refractivity contribution in [1.82, 2.24) is 15.0 Å². The summed E-state index contributed by atoms with van der Waals surface area (Å²) in [5.41, 5.74) is 2.86. The minimum Gasteiger partial charge on any atom is -0.494 e. The van der Waals surface area contributed by atoms with Gasteiger partial charge in [0, 0.05) is 22.0 Å². The van der Waals surface area contributed by atoms with Gasteiger partial charge in [-0.25, -0.2) is 15.0 Å². The Morgan fingerprint density at radius 3 is 1.50 bits per heavy atom. The van der Waals surface area contributed by atoms with Crippen LogP contribution in [0, 0.1) is 0 Å². The molecule has 5 heteroatoms. The van der Waals surface area contributed by atoms with Crippen molar-refractivity contribution in [2.75, 3.05) is 11.9 Å². The van der Waals surface area contributed by atoms with E-state index in [-0.39, 0.29) is 0 Å². The van der Waals surface area contributed by atoms with Crippen LogP contribution in [-0.4, -0.2) is 26.9 Å². The number of halogens is 1. The molecule has 0 bridgehead atoms. The summed E-state index contributed by atoms with van der Waals surface area (Å²) < 4.78 is 5.81. The molecule has 0 aliphatic rings. The normalized spacial score (nSPS) is 10.7. The molecule has 0 aliphatic carbocycles. The summed E-state index contributed by atoms with van der Waals surface area (Å²) in [7, 11) is 0. The second-order valence-corrected chi connectivity index (χ2v) is 7.60. The van der Waals surface area contributed by atoms with E-state index < -0.39 is 0 Å². The summed E-state index contributed by atoms with van der Waals surface area (Å²) in [5.74, 6) is 2.83. The fourth-order valence-corrected chi connectivity index (χ4v) is 3.42. The molecular weight excluding hydrogens is 438 g/mol. The van der Waals surface area contributed by atoms with E-state index in [1.54, 1.807) is 0 Å². The molecule has 1 heterocycles. The molecule has 0 radical (unpaired) electrons. The molecule has 150 valence electrons. The van der Waals surface area contributed by atoms with E-state index in [9.17, 15) is 0 Å². The average molecular weight is 460 g/mol. The van der Waals surface area contributed by atoms with Crippen LogP contribution in [0.4, 0.5) is 0 Å². The molecule has 4 aromatic rings. The van der Waals surface area contributed by atoms with E-state index in [0.29, 0.717) is 24.1 Å². The zero-order valence-electron chi connectivity index (χ0n) is 16.5. The lowest BCUT2D eigenvalue weighted by molar-refractivity contribution is 0.310. The van der Waals surface area contributed by atoms with Crippen molar-refractivity contribution in [3.63, 3.8) is 0 Å². The van der Waals surface area contributed by atoms with Gasteiger partial charge in [0.05, 0.1) is 6.61 Å². The maximum atomic E-state index is 5.81. The molecule has 0 spiro atoms. The van der Waals surface area contributed by atoms with E-state index in [1.807, 2.05) is 84.9 Å². The number of nitrogens with zero attached hydrogens (tertiary/aromatic N) is 3. The number of unbranched alkanes of at least 4 members (excludes halogenated alkanes) is 1. The SMILES string of the molecule is BrCCCCOc1ccc(-c2nc(-c3ccccc3)nc(-c3ccccc3)n2)cc1. The van der Waals surface area contributed by atoms with Gasteiger partial charge in [-0.15, -0.1) is 0 Å². The monoisotopic (exact) mass is 459 g/mol. The Morgan fingerprint density at radius 2 is 1.03 bits per heavy atom. The Labute approximate surface area is 185 Å². The summed E-state index contributed by atoms with van der Waals surface area (Å²) in [4.78, 5) is 14.2. The molecule has 3 aromatic carbocycles. The first kappa shape index (κ1) is 20.2. The number of hydrogen-bond donors (Lipinski definition) is 0. The van der Waals surface area contributed by atoms with Gasteiger partial charge in [-0.05, 0) is 37.1 Å². The van der Waals surface area contributed by atoms with Crippen molar-refractivity contribution in [3.8, 4) is 39.9 Å². The number of benzene rings is 3. The highest BCUT2D eigenvalue weighted by Gasteiger charge is 2.12. The summed E-state index contributed by atoms with van der Waals surface area (Å²) in [6, 6.07) is 27.9. The van der Waals surface area contributed by atoms with Crippen LogP contribution in [0.5, 0.6) is 5.75 Å². The van der Waals surface area contributed by atoms with Crippen molar-refractivity contribution in [3.05, 3.63) is 84.9 Å². The number of aromatic nitrogens is 3. The lowest BCUT2D eigenvalue weighted by atomic mass is 10.1. The van der Waals surface area contributed by atoms with Gasteiger partial charge in [-0.1, -0.05) is 76.6 Å². The largest absolute Gasteiger partial charge is 0.494 e.